The van der Waals surface area contributed by atoms with Crippen molar-refractivity contribution in [3.05, 3.63) is 0 Å². The molecule has 3 fully saturated rings. The number of rotatable bonds is 2. The van der Waals surface area contributed by atoms with E-state index in [-0.39, 0.29) is 29.9 Å². The van der Waals surface area contributed by atoms with Crippen LogP contribution in [0.15, 0.2) is 0 Å². The summed E-state index contributed by atoms with van der Waals surface area (Å²) < 4.78 is 0. The maximum absolute atomic E-state index is 12.5. The lowest BCUT2D eigenvalue weighted by molar-refractivity contribution is -0.150. The molecule has 0 aromatic rings. The van der Waals surface area contributed by atoms with Crippen molar-refractivity contribution in [2.24, 2.45) is 5.92 Å². The summed E-state index contributed by atoms with van der Waals surface area (Å²) in [5, 5.41) is 2.87. The van der Waals surface area contributed by atoms with E-state index in [2.05, 4.69) is 12.2 Å². The first-order valence-corrected chi connectivity index (χ1v) is 6.71. The molecular formula is C13H20N2O2. The average Bonchev–Trinajstić information content (AvgIpc) is 3.04. The van der Waals surface area contributed by atoms with E-state index in [1.165, 1.54) is 12.8 Å². The molecule has 1 N–H and O–H groups in total. The van der Waals surface area contributed by atoms with Gasteiger partial charge in [-0.15, -0.1) is 0 Å². The van der Waals surface area contributed by atoms with E-state index in [4.69, 9.17) is 0 Å². The van der Waals surface area contributed by atoms with Gasteiger partial charge in [0, 0.05) is 5.54 Å². The van der Waals surface area contributed by atoms with Gasteiger partial charge in [0.2, 0.25) is 11.8 Å². The van der Waals surface area contributed by atoms with Crippen molar-refractivity contribution in [1.82, 2.24) is 10.2 Å². The van der Waals surface area contributed by atoms with Gasteiger partial charge in [0.25, 0.3) is 0 Å². The smallest absolute Gasteiger partial charge is 0.246 e. The SMILES string of the molecule is CC1(N2CC(=O)NC(C3CC3)C2=O)CCCC1. The summed E-state index contributed by atoms with van der Waals surface area (Å²) in [7, 11) is 0. The third-order valence-electron chi connectivity index (χ3n) is 4.58. The minimum absolute atomic E-state index is 0.0228. The molecule has 3 rings (SSSR count). The molecule has 0 radical (unpaired) electrons. The molecule has 0 spiro atoms. The largest absolute Gasteiger partial charge is 0.342 e. The third-order valence-corrected chi connectivity index (χ3v) is 4.58. The van der Waals surface area contributed by atoms with Gasteiger partial charge in [0.15, 0.2) is 0 Å². The van der Waals surface area contributed by atoms with E-state index in [9.17, 15) is 9.59 Å². The Morgan fingerprint density at radius 1 is 1.24 bits per heavy atom. The van der Waals surface area contributed by atoms with E-state index in [1.807, 2.05) is 4.90 Å². The average molecular weight is 236 g/mol. The fourth-order valence-corrected chi connectivity index (χ4v) is 3.28. The van der Waals surface area contributed by atoms with Crippen LogP contribution >= 0.6 is 0 Å². The molecule has 2 saturated carbocycles. The Morgan fingerprint density at radius 2 is 1.88 bits per heavy atom. The Hall–Kier alpha value is -1.06. The summed E-state index contributed by atoms with van der Waals surface area (Å²) in [5.74, 6) is 0.588. The zero-order valence-corrected chi connectivity index (χ0v) is 10.4. The predicted octanol–water partition coefficient (Wildman–Crippen LogP) is 1.06. The van der Waals surface area contributed by atoms with Crippen molar-refractivity contribution in [3.8, 4) is 0 Å². The van der Waals surface area contributed by atoms with E-state index in [0.29, 0.717) is 5.92 Å². The van der Waals surface area contributed by atoms with Crippen molar-refractivity contribution < 1.29 is 9.59 Å². The lowest BCUT2D eigenvalue weighted by Gasteiger charge is -2.43. The van der Waals surface area contributed by atoms with Gasteiger partial charge in [-0.25, -0.2) is 0 Å². The van der Waals surface area contributed by atoms with Gasteiger partial charge >= 0.3 is 0 Å². The van der Waals surface area contributed by atoms with Crippen LogP contribution in [0.25, 0.3) is 0 Å². The fraction of sp³-hybridized carbons (Fsp3) is 0.846. The van der Waals surface area contributed by atoms with E-state index < -0.39 is 0 Å². The topological polar surface area (TPSA) is 49.4 Å². The minimum Gasteiger partial charge on any atom is -0.342 e. The van der Waals surface area contributed by atoms with Gasteiger partial charge in [-0.1, -0.05) is 12.8 Å². The van der Waals surface area contributed by atoms with Gasteiger partial charge in [0.05, 0.1) is 0 Å². The molecule has 2 aliphatic carbocycles. The van der Waals surface area contributed by atoms with Crippen LogP contribution in [0.2, 0.25) is 0 Å². The van der Waals surface area contributed by atoms with Gasteiger partial charge in [0.1, 0.15) is 12.6 Å². The van der Waals surface area contributed by atoms with E-state index in [0.717, 1.165) is 25.7 Å². The monoisotopic (exact) mass is 236 g/mol. The standard InChI is InChI=1S/C13H20N2O2/c1-13(6-2-3-7-13)15-8-10(16)14-11(12(15)17)9-4-5-9/h9,11H,2-8H2,1H3,(H,14,16). The Kier molecular flexibility index (Phi) is 2.42. The molecule has 1 heterocycles. The summed E-state index contributed by atoms with van der Waals surface area (Å²) in [6, 6.07) is -0.228. The lowest BCUT2D eigenvalue weighted by atomic mass is 9.94. The first kappa shape index (κ1) is 11.1. The fourth-order valence-electron chi connectivity index (χ4n) is 3.28. The van der Waals surface area contributed by atoms with E-state index >= 15 is 0 Å². The normalized spacial score (nSPS) is 32.8. The van der Waals surface area contributed by atoms with Gasteiger partial charge in [-0.2, -0.15) is 0 Å². The highest BCUT2D eigenvalue weighted by Crippen LogP contribution is 2.39. The number of nitrogens with zero attached hydrogens (tertiary/aromatic N) is 1. The second kappa shape index (κ2) is 3.72. The van der Waals surface area contributed by atoms with Crippen LogP contribution < -0.4 is 5.32 Å². The molecule has 4 nitrogen and oxygen atoms in total. The van der Waals surface area contributed by atoms with Crippen LogP contribution in [0.5, 0.6) is 0 Å². The molecule has 1 atom stereocenters. The van der Waals surface area contributed by atoms with Crippen LogP contribution in [-0.4, -0.2) is 34.8 Å². The number of amides is 2. The molecule has 3 aliphatic rings. The summed E-state index contributed by atoms with van der Waals surface area (Å²) in [5.41, 5.74) is -0.0675. The lowest BCUT2D eigenvalue weighted by Crippen LogP contribution is -2.64. The molecular weight excluding hydrogens is 216 g/mol. The van der Waals surface area contributed by atoms with Crippen LogP contribution in [0.4, 0.5) is 0 Å². The molecule has 94 valence electrons. The van der Waals surface area contributed by atoms with Gasteiger partial charge in [-0.3, -0.25) is 9.59 Å². The number of piperazine rings is 1. The summed E-state index contributed by atoms with van der Waals surface area (Å²) in [6.07, 6.45) is 6.61. The van der Waals surface area contributed by atoms with Crippen molar-refractivity contribution >= 4 is 11.8 Å². The molecule has 1 saturated heterocycles. The van der Waals surface area contributed by atoms with Crippen LogP contribution in [0.3, 0.4) is 0 Å². The van der Waals surface area contributed by atoms with Gasteiger partial charge < -0.3 is 10.2 Å². The van der Waals surface area contributed by atoms with Gasteiger partial charge in [-0.05, 0) is 38.5 Å². The van der Waals surface area contributed by atoms with Crippen molar-refractivity contribution in [2.75, 3.05) is 6.54 Å². The zero-order chi connectivity index (χ0) is 12.0. The highest BCUT2D eigenvalue weighted by molar-refractivity contribution is 5.95. The second-order valence-corrected chi connectivity index (χ2v) is 6.01. The quantitative estimate of drug-likeness (QED) is 0.779. The van der Waals surface area contributed by atoms with E-state index in [1.54, 1.807) is 0 Å². The first-order valence-electron chi connectivity index (χ1n) is 6.71. The van der Waals surface area contributed by atoms with Crippen LogP contribution in [0, 0.1) is 5.92 Å². The number of carbonyl (C=O) groups excluding carboxylic acids is 2. The van der Waals surface area contributed by atoms with Crippen molar-refractivity contribution in [2.45, 2.75) is 57.0 Å². The third kappa shape index (κ3) is 1.83. The Balaban J connectivity index is 1.82. The highest BCUT2D eigenvalue weighted by Gasteiger charge is 2.48. The second-order valence-electron chi connectivity index (χ2n) is 6.01. The first-order chi connectivity index (χ1) is 8.10. The molecule has 1 unspecified atom stereocenters. The Labute approximate surface area is 102 Å². The minimum atomic E-state index is -0.228. The number of carbonyl (C=O) groups is 2. The molecule has 17 heavy (non-hydrogen) atoms. The molecule has 4 heteroatoms. The molecule has 2 amide bonds. The molecule has 1 aliphatic heterocycles. The summed E-state index contributed by atoms with van der Waals surface area (Å²) in [4.78, 5) is 26.1. The number of nitrogens with one attached hydrogen (secondary N) is 1. The molecule has 0 aromatic heterocycles. The summed E-state index contributed by atoms with van der Waals surface area (Å²) >= 11 is 0. The molecule has 0 bridgehead atoms. The Morgan fingerprint density at radius 3 is 2.47 bits per heavy atom. The highest BCUT2D eigenvalue weighted by atomic mass is 16.2. The maximum Gasteiger partial charge on any atom is 0.246 e. The maximum atomic E-state index is 12.5. The molecule has 0 aromatic carbocycles. The van der Waals surface area contributed by atoms with Crippen LogP contribution in [-0.2, 0) is 9.59 Å². The number of hydrogen-bond donors (Lipinski definition) is 1. The summed E-state index contributed by atoms with van der Waals surface area (Å²) in [6.45, 7) is 2.40. The van der Waals surface area contributed by atoms with Crippen molar-refractivity contribution in [1.29, 1.82) is 0 Å². The Bertz CT molecular complexity index is 356. The predicted molar refractivity (Wildman–Crippen MR) is 63.2 cm³/mol. The van der Waals surface area contributed by atoms with Crippen LogP contribution in [0.1, 0.15) is 45.4 Å². The number of hydrogen-bond acceptors (Lipinski definition) is 2. The van der Waals surface area contributed by atoms with Crippen molar-refractivity contribution in [3.63, 3.8) is 0 Å². The zero-order valence-electron chi connectivity index (χ0n) is 10.4.